The van der Waals surface area contributed by atoms with E-state index >= 15 is 0 Å². The smallest absolute Gasteiger partial charge is 0.129 e. The molecule has 0 aromatic heterocycles. The molecule has 0 radical (unpaired) electrons. The molecule has 1 N–H and O–H groups in total. The van der Waals surface area contributed by atoms with E-state index in [4.69, 9.17) is 4.74 Å². The molecular formula is C15H18N2O. The molecule has 0 spiro atoms. The molecule has 0 aliphatic carbocycles. The zero-order chi connectivity index (χ0) is 13.2. The number of nitrogens with zero attached hydrogens (tertiary/aromatic N) is 1. The molecule has 94 valence electrons. The number of para-hydroxylation sites is 1. The van der Waals surface area contributed by atoms with Gasteiger partial charge in [0.15, 0.2) is 0 Å². The number of rotatable bonds is 4. The van der Waals surface area contributed by atoms with E-state index in [-0.39, 0.29) is 11.6 Å². The first-order valence-corrected chi connectivity index (χ1v) is 6.12. The zero-order valence-electron chi connectivity index (χ0n) is 10.9. The second-order valence-corrected chi connectivity index (χ2v) is 5.13. The van der Waals surface area contributed by atoms with Gasteiger partial charge in [-0.15, -0.1) is 6.58 Å². The number of benzene rings is 1. The third kappa shape index (κ3) is 2.39. The minimum atomic E-state index is -0.355. The van der Waals surface area contributed by atoms with Gasteiger partial charge in [0.1, 0.15) is 17.4 Å². The molecule has 1 aliphatic heterocycles. The molecule has 0 saturated heterocycles. The van der Waals surface area contributed by atoms with Crippen molar-refractivity contribution in [3.05, 3.63) is 42.0 Å². The summed E-state index contributed by atoms with van der Waals surface area (Å²) in [6.45, 7) is 8.39. The van der Waals surface area contributed by atoms with E-state index in [0.717, 1.165) is 17.7 Å². The van der Waals surface area contributed by atoms with Crippen LogP contribution in [0.15, 0.2) is 30.9 Å². The number of nitriles is 1. The molecule has 1 unspecified atom stereocenters. The van der Waals surface area contributed by atoms with Crippen LogP contribution in [0.1, 0.15) is 31.0 Å². The van der Waals surface area contributed by atoms with Crippen molar-refractivity contribution in [2.24, 2.45) is 0 Å². The highest BCUT2D eigenvalue weighted by Crippen LogP contribution is 2.39. The van der Waals surface area contributed by atoms with E-state index < -0.39 is 0 Å². The first-order chi connectivity index (χ1) is 8.57. The van der Waals surface area contributed by atoms with Crippen molar-refractivity contribution >= 4 is 0 Å². The van der Waals surface area contributed by atoms with Gasteiger partial charge < -0.3 is 4.74 Å². The third-order valence-electron chi connectivity index (χ3n) is 3.03. The Morgan fingerprint density at radius 1 is 1.61 bits per heavy atom. The van der Waals surface area contributed by atoms with E-state index in [0.29, 0.717) is 6.54 Å². The van der Waals surface area contributed by atoms with Crippen LogP contribution in [0.2, 0.25) is 0 Å². The zero-order valence-corrected chi connectivity index (χ0v) is 10.9. The van der Waals surface area contributed by atoms with Gasteiger partial charge in [0.05, 0.1) is 6.07 Å². The maximum atomic E-state index is 9.27. The average Bonchev–Trinajstić information content (AvgIpc) is 2.64. The number of fused-ring (bicyclic) bond motifs is 1. The van der Waals surface area contributed by atoms with Crippen molar-refractivity contribution < 1.29 is 4.74 Å². The lowest BCUT2D eigenvalue weighted by molar-refractivity contribution is 0.137. The van der Waals surface area contributed by atoms with Gasteiger partial charge in [-0.25, -0.2) is 0 Å². The second-order valence-electron chi connectivity index (χ2n) is 5.13. The van der Waals surface area contributed by atoms with Gasteiger partial charge >= 0.3 is 0 Å². The predicted molar refractivity (Wildman–Crippen MR) is 71.4 cm³/mol. The topological polar surface area (TPSA) is 45.0 Å². The van der Waals surface area contributed by atoms with Crippen LogP contribution in [0.4, 0.5) is 0 Å². The van der Waals surface area contributed by atoms with E-state index in [1.165, 1.54) is 5.56 Å². The van der Waals surface area contributed by atoms with Crippen LogP contribution in [0.5, 0.6) is 5.75 Å². The van der Waals surface area contributed by atoms with Crippen LogP contribution < -0.4 is 10.1 Å². The lowest BCUT2D eigenvalue weighted by atomic mass is 9.98. The van der Waals surface area contributed by atoms with Crippen molar-refractivity contribution in [3.8, 4) is 11.8 Å². The fraction of sp³-hybridized carbons (Fsp3) is 0.400. The number of nitrogens with one attached hydrogen (secondary N) is 1. The van der Waals surface area contributed by atoms with Gasteiger partial charge in [0, 0.05) is 18.5 Å². The molecule has 1 atom stereocenters. The van der Waals surface area contributed by atoms with Crippen LogP contribution in [0, 0.1) is 11.3 Å². The van der Waals surface area contributed by atoms with E-state index in [1.807, 2.05) is 12.1 Å². The van der Waals surface area contributed by atoms with E-state index in [2.05, 4.69) is 37.9 Å². The molecule has 1 aromatic rings. The normalized spacial score (nSPS) is 17.4. The summed E-state index contributed by atoms with van der Waals surface area (Å²) in [5.41, 5.74) is 1.91. The van der Waals surface area contributed by atoms with Gasteiger partial charge in [-0.1, -0.05) is 24.3 Å². The Labute approximate surface area is 108 Å². The molecule has 0 bridgehead atoms. The lowest BCUT2D eigenvalue weighted by Crippen LogP contribution is -2.25. The molecule has 0 amide bonds. The molecule has 1 aliphatic rings. The highest BCUT2D eigenvalue weighted by molar-refractivity contribution is 5.48. The molecule has 3 heteroatoms. The SMILES string of the molecule is C=CCNC(C#N)c1cccc2c1OC(C)(C)C2. The van der Waals surface area contributed by atoms with Gasteiger partial charge in [-0.2, -0.15) is 5.26 Å². The Kier molecular flexibility index (Phi) is 3.40. The summed E-state index contributed by atoms with van der Waals surface area (Å²) in [4.78, 5) is 0. The number of hydrogen-bond acceptors (Lipinski definition) is 3. The summed E-state index contributed by atoms with van der Waals surface area (Å²) in [5.74, 6) is 0.866. The number of hydrogen-bond donors (Lipinski definition) is 1. The first kappa shape index (κ1) is 12.7. The van der Waals surface area contributed by atoms with Gasteiger partial charge in [0.25, 0.3) is 0 Å². The van der Waals surface area contributed by atoms with Crippen molar-refractivity contribution in [2.45, 2.75) is 31.9 Å². The van der Waals surface area contributed by atoms with Crippen molar-refractivity contribution in [2.75, 3.05) is 6.54 Å². The summed E-state index contributed by atoms with van der Waals surface area (Å²) >= 11 is 0. The largest absolute Gasteiger partial charge is 0.487 e. The Morgan fingerprint density at radius 3 is 3.06 bits per heavy atom. The fourth-order valence-electron chi connectivity index (χ4n) is 2.29. The highest BCUT2D eigenvalue weighted by Gasteiger charge is 2.33. The average molecular weight is 242 g/mol. The van der Waals surface area contributed by atoms with E-state index in [9.17, 15) is 5.26 Å². The van der Waals surface area contributed by atoms with E-state index in [1.54, 1.807) is 6.08 Å². The summed E-state index contributed by atoms with van der Waals surface area (Å²) < 4.78 is 5.97. The van der Waals surface area contributed by atoms with Gasteiger partial charge in [0.2, 0.25) is 0 Å². The van der Waals surface area contributed by atoms with Crippen LogP contribution in [-0.4, -0.2) is 12.1 Å². The van der Waals surface area contributed by atoms with Crippen molar-refractivity contribution in [3.63, 3.8) is 0 Å². The molecule has 0 fully saturated rings. The Bertz CT molecular complexity index is 500. The predicted octanol–water partition coefficient (Wildman–Crippen LogP) is 2.74. The number of ether oxygens (including phenoxy) is 1. The fourth-order valence-corrected chi connectivity index (χ4v) is 2.29. The summed E-state index contributed by atoms with van der Waals surface area (Å²) in [7, 11) is 0. The summed E-state index contributed by atoms with van der Waals surface area (Å²) in [5, 5.41) is 12.4. The maximum absolute atomic E-state index is 9.27. The molecule has 1 heterocycles. The Hall–Kier alpha value is -1.79. The van der Waals surface area contributed by atoms with Crippen LogP contribution in [0.3, 0.4) is 0 Å². The second kappa shape index (κ2) is 4.83. The molecule has 2 rings (SSSR count). The third-order valence-corrected chi connectivity index (χ3v) is 3.03. The summed E-state index contributed by atoms with van der Waals surface area (Å²) in [6.07, 6.45) is 2.63. The standard InChI is InChI=1S/C15H18N2O/c1-4-8-17-13(10-16)12-7-5-6-11-9-15(2,3)18-14(11)12/h4-7,13,17H,1,8-9H2,2-3H3. The van der Waals surface area contributed by atoms with Gasteiger partial charge in [-0.3, -0.25) is 5.32 Å². The molecule has 18 heavy (non-hydrogen) atoms. The monoisotopic (exact) mass is 242 g/mol. The Balaban J connectivity index is 2.33. The molecule has 1 aromatic carbocycles. The molecule has 3 nitrogen and oxygen atoms in total. The minimum absolute atomic E-state index is 0.184. The maximum Gasteiger partial charge on any atom is 0.129 e. The van der Waals surface area contributed by atoms with Gasteiger partial charge in [-0.05, 0) is 19.4 Å². The minimum Gasteiger partial charge on any atom is -0.487 e. The lowest BCUT2D eigenvalue weighted by Gasteiger charge is -2.19. The van der Waals surface area contributed by atoms with Crippen LogP contribution >= 0.6 is 0 Å². The molecular weight excluding hydrogens is 224 g/mol. The Morgan fingerprint density at radius 2 is 2.39 bits per heavy atom. The first-order valence-electron chi connectivity index (χ1n) is 6.12. The van der Waals surface area contributed by atoms with Crippen molar-refractivity contribution in [1.82, 2.24) is 5.32 Å². The van der Waals surface area contributed by atoms with Crippen LogP contribution in [0.25, 0.3) is 0 Å². The van der Waals surface area contributed by atoms with Crippen molar-refractivity contribution in [1.29, 1.82) is 5.26 Å². The highest BCUT2D eigenvalue weighted by atomic mass is 16.5. The summed E-state index contributed by atoms with van der Waals surface area (Å²) in [6, 6.07) is 7.92. The molecule has 0 saturated carbocycles. The van der Waals surface area contributed by atoms with Crippen LogP contribution in [-0.2, 0) is 6.42 Å². The quantitative estimate of drug-likeness (QED) is 0.826.